The molecular weight excluding hydrogens is 463 g/mol. The van der Waals surface area contributed by atoms with Crippen molar-refractivity contribution in [2.24, 2.45) is 0 Å². The summed E-state index contributed by atoms with van der Waals surface area (Å²) in [4.78, 5) is 27.1. The molecule has 3 aromatic carbocycles. The summed E-state index contributed by atoms with van der Waals surface area (Å²) < 4.78 is 41.8. The fourth-order valence-corrected chi connectivity index (χ4v) is 5.03. The van der Waals surface area contributed by atoms with Crippen LogP contribution in [0.25, 0.3) is 10.8 Å². The number of amides is 1. The van der Waals surface area contributed by atoms with Crippen molar-refractivity contribution in [3.63, 3.8) is 0 Å². The Hall–Kier alpha value is -4.38. The first-order chi connectivity index (χ1) is 16.3. The predicted octanol–water partition coefficient (Wildman–Crippen LogP) is 4.12. The second-order valence-electron chi connectivity index (χ2n) is 7.20. The third-order valence-electron chi connectivity index (χ3n) is 4.95. The van der Waals surface area contributed by atoms with Crippen molar-refractivity contribution in [2.45, 2.75) is 4.90 Å². The van der Waals surface area contributed by atoms with Gasteiger partial charge in [0.15, 0.2) is 0 Å². The third kappa shape index (κ3) is 4.69. The highest BCUT2D eigenvalue weighted by atomic mass is 32.2. The Bertz CT molecular complexity index is 1490. The highest BCUT2D eigenvalue weighted by Crippen LogP contribution is 2.29. The maximum atomic E-state index is 13.7. The number of fused-ring (bicyclic) bond motifs is 1. The number of nitrogens with zero attached hydrogens (tertiary/aromatic N) is 3. The number of nitro groups is 1. The van der Waals surface area contributed by atoms with Gasteiger partial charge in [-0.15, -0.1) is 0 Å². The summed E-state index contributed by atoms with van der Waals surface area (Å²) in [7, 11) is -4.29. The average Bonchev–Trinajstić information content (AvgIpc) is 2.83. The van der Waals surface area contributed by atoms with E-state index in [0.29, 0.717) is 10.8 Å². The van der Waals surface area contributed by atoms with Crippen LogP contribution in [0.4, 0.5) is 21.5 Å². The number of nitrogens with one attached hydrogen (secondary N) is 1. The molecular formula is C23H17FN4O5S. The fraction of sp³-hybridized carbons (Fsp3) is 0.0435. The number of carbonyl (C=O) groups excluding carboxylic acids is 1. The molecule has 1 amide bonds. The number of carbonyl (C=O) groups is 1. The van der Waals surface area contributed by atoms with Crippen molar-refractivity contribution in [3.8, 4) is 0 Å². The van der Waals surface area contributed by atoms with Gasteiger partial charge in [0, 0.05) is 41.0 Å². The Labute approximate surface area is 193 Å². The van der Waals surface area contributed by atoms with E-state index in [9.17, 15) is 27.7 Å². The van der Waals surface area contributed by atoms with Gasteiger partial charge < -0.3 is 5.32 Å². The molecule has 0 saturated heterocycles. The molecule has 0 unspecified atom stereocenters. The molecule has 1 N–H and O–H groups in total. The van der Waals surface area contributed by atoms with Gasteiger partial charge in [-0.25, -0.2) is 12.8 Å². The van der Waals surface area contributed by atoms with E-state index in [0.717, 1.165) is 22.5 Å². The first kappa shape index (κ1) is 22.8. The number of rotatable bonds is 7. The van der Waals surface area contributed by atoms with E-state index in [-0.39, 0.29) is 22.0 Å². The topological polar surface area (TPSA) is 123 Å². The smallest absolute Gasteiger partial charge is 0.271 e. The van der Waals surface area contributed by atoms with Crippen molar-refractivity contribution in [1.82, 2.24) is 4.98 Å². The Morgan fingerprint density at radius 1 is 1.06 bits per heavy atom. The minimum atomic E-state index is -4.29. The first-order valence-corrected chi connectivity index (χ1v) is 11.3. The van der Waals surface area contributed by atoms with Crippen molar-refractivity contribution >= 4 is 43.8 Å². The average molecular weight is 480 g/mol. The van der Waals surface area contributed by atoms with Gasteiger partial charge in [0.25, 0.3) is 15.7 Å². The SMILES string of the molecule is O=C(CN(c1ccc(F)cc1)S(=O)(=O)c1cccc2cnccc12)Nc1cccc([N+](=O)[O-])c1. The van der Waals surface area contributed by atoms with Gasteiger partial charge in [0.05, 0.1) is 15.5 Å². The normalized spacial score (nSPS) is 11.2. The molecule has 0 spiro atoms. The first-order valence-electron chi connectivity index (χ1n) is 9.91. The summed E-state index contributed by atoms with van der Waals surface area (Å²) >= 11 is 0. The molecule has 34 heavy (non-hydrogen) atoms. The maximum Gasteiger partial charge on any atom is 0.271 e. The summed E-state index contributed by atoms with van der Waals surface area (Å²) in [5, 5.41) is 14.5. The van der Waals surface area contributed by atoms with Crippen LogP contribution < -0.4 is 9.62 Å². The lowest BCUT2D eigenvalue weighted by molar-refractivity contribution is -0.384. The molecule has 0 aliphatic carbocycles. The number of benzene rings is 3. The van der Waals surface area contributed by atoms with Crippen LogP contribution in [-0.2, 0) is 14.8 Å². The molecule has 0 aliphatic heterocycles. The lowest BCUT2D eigenvalue weighted by atomic mass is 10.2. The molecule has 0 atom stereocenters. The van der Waals surface area contributed by atoms with Crippen LogP contribution in [0.3, 0.4) is 0 Å². The molecule has 0 fully saturated rings. The summed E-state index contributed by atoms with van der Waals surface area (Å²) in [5.41, 5.74) is -0.0290. The van der Waals surface area contributed by atoms with Gasteiger partial charge in [-0.05, 0) is 42.5 Å². The van der Waals surface area contributed by atoms with E-state index < -0.39 is 33.2 Å². The molecule has 0 radical (unpaired) electrons. The second-order valence-corrected chi connectivity index (χ2v) is 9.03. The minimum Gasteiger partial charge on any atom is -0.324 e. The number of nitro benzene ring substituents is 1. The van der Waals surface area contributed by atoms with Gasteiger partial charge in [0.2, 0.25) is 5.91 Å². The summed E-state index contributed by atoms with van der Waals surface area (Å²) in [6.45, 7) is -0.655. The van der Waals surface area contributed by atoms with Gasteiger partial charge in [-0.3, -0.25) is 24.2 Å². The van der Waals surface area contributed by atoms with Gasteiger partial charge in [-0.1, -0.05) is 18.2 Å². The lowest BCUT2D eigenvalue weighted by Crippen LogP contribution is -2.38. The van der Waals surface area contributed by atoms with E-state index in [2.05, 4.69) is 10.3 Å². The molecule has 11 heteroatoms. The zero-order valence-corrected chi connectivity index (χ0v) is 18.3. The number of non-ortho nitro benzene ring substituents is 1. The third-order valence-corrected chi connectivity index (χ3v) is 6.78. The molecule has 9 nitrogen and oxygen atoms in total. The predicted molar refractivity (Wildman–Crippen MR) is 124 cm³/mol. The van der Waals surface area contributed by atoms with Crippen LogP contribution in [0.1, 0.15) is 0 Å². The highest BCUT2D eigenvalue weighted by Gasteiger charge is 2.29. The zero-order chi connectivity index (χ0) is 24.3. The molecule has 1 heterocycles. The van der Waals surface area contributed by atoms with Crippen LogP contribution in [0.5, 0.6) is 0 Å². The van der Waals surface area contributed by atoms with Crippen LogP contribution >= 0.6 is 0 Å². The molecule has 172 valence electrons. The number of halogens is 1. The van der Waals surface area contributed by atoms with Crippen molar-refractivity contribution in [2.75, 3.05) is 16.2 Å². The van der Waals surface area contributed by atoms with Crippen molar-refractivity contribution in [1.29, 1.82) is 0 Å². The molecule has 0 bridgehead atoms. The van der Waals surface area contributed by atoms with Crippen LogP contribution in [0, 0.1) is 15.9 Å². The van der Waals surface area contributed by atoms with E-state index >= 15 is 0 Å². The number of hydrogen-bond acceptors (Lipinski definition) is 6. The molecule has 1 aromatic heterocycles. The zero-order valence-electron chi connectivity index (χ0n) is 17.5. The minimum absolute atomic E-state index is 0.0557. The Kier molecular flexibility index (Phi) is 6.19. The van der Waals surface area contributed by atoms with E-state index in [1.807, 2.05) is 0 Å². The van der Waals surface area contributed by atoms with Gasteiger partial charge >= 0.3 is 0 Å². The number of aromatic nitrogens is 1. The Morgan fingerprint density at radius 3 is 2.53 bits per heavy atom. The van der Waals surface area contributed by atoms with Gasteiger partial charge in [0.1, 0.15) is 12.4 Å². The standard InChI is InChI=1S/C23H17FN4O5S/c24-17-7-9-19(10-8-17)27(15-23(29)26-18-4-2-5-20(13-18)28(30)31)34(32,33)22-6-1-3-16-14-25-12-11-21(16)22/h1-14H,15H2,(H,26,29). The second kappa shape index (κ2) is 9.24. The van der Waals surface area contributed by atoms with Crippen LogP contribution in [0.15, 0.2) is 90.1 Å². The quantitative estimate of drug-likeness (QED) is 0.314. The molecule has 4 aromatic rings. The summed E-state index contributed by atoms with van der Waals surface area (Å²) in [5.74, 6) is -1.31. The maximum absolute atomic E-state index is 13.7. The number of pyridine rings is 1. The number of sulfonamides is 1. The number of anilines is 2. The van der Waals surface area contributed by atoms with Crippen LogP contribution in [0.2, 0.25) is 0 Å². The summed E-state index contributed by atoms with van der Waals surface area (Å²) in [6.07, 6.45) is 2.98. The van der Waals surface area contributed by atoms with E-state index in [1.54, 1.807) is 18.2 Å². The largest absolute Gasteiger partial charge is 0.324 e. The van der Waals surface area contributed by atoms with E-state index in [4.69, 9.17) is 0 Å². The van der Waals surface area contributed by atoms with Crippen molar-refractivity contribution in [3.05, 3.63) is 101 Å². The lowest BCUT2D eigenvalue weighted by Gasteiger charge is -2.24. The fourth-order valence-electron chi connectivity index (χ4n) is 3.39. The molecule has 0 saturated carbocycles. The monoisotopic (exact) mass is 480 g/mol. The number of hydrogen-bond donors (Lipinski definition) is 1. The van der Waals surface area contributed by atoms with Gasteiger partial charge in [-0.2, -0.15) is 0 Å². The highest BCUT2D eigenvalue weighted by molar-refractivity contribution is 7.93. The van der Waals surface area contributed by atoms with Crippen LogP contribution in [-0.4, -0.2) is 30.8 Å². The summed E-state index contributed by atoms with van der Waals surface area (Å²) in [6, 6.07) is 16.2. The Balaban J connectivity index is 1.72. The van der Waals surface area contributed by atoms with Crippen molar-refractivity contribution < 1.29 is 22.5 Å². The molecule has 4 rings (SSSR count). The molecule has 0 aliphatic rings. The Morgan fingerprint density at radius 2 is 1.79 bits per heavy atom. The van der Waals surface area contributed by atoms with E-state index in [1.165, 1.54) is 48.8 Å².